The van der Waals surface area contributed by atoms with Gasteiger partial charge in [-0.1, -0.05) is 23.7 Å². The Kier molecular flexibility index (Phi) is 4.01. The van der Waals surface area contributed by atoms with Crippen molar-refractivity contribution in [2.75, 3.05) is 31.9 Å². The molecule has 0 bridgehead atoms. The van der Waals surface area contributed by atoms with Crippen molar-refractivity contribution < 1.29 is 4.79 Å². The number of carbonyl (C=O) groups is 1. The Hall–Kier alpha value is -0.710. The Morgan fingerprint density at radius 2 is 2.00 bits per heavy atom. The van der Waals surface area contributed by atoms with E-state index >= 15 is 0 Å². The van der Waals surface area contributed by atoms with Crippen LogP contribution in [-0.4, -0.2) is 42.7 Å². The van der Waals surface area contributed by atoms with Gasteiger partial charge in [0.15, 0.2) is 0 Å². The molecule has 0 spiro atoms. The summed E-state index contributed by atoms with van der Waals surface area (Å²) in [5.74, 6) is 2.04. The summed E-state index contributed by atoms with van der Waals surface area (Å²) in [5, 5.41) is 4.11. The van der Waals surface area contributed by atoms with Crippen LogP contribution in [0.5, 0.6) is 0 Å². The fourth-order valence-electron chi connectivity index (χ4n) is 2.85. The van der Waals surface area contributed by atoms with E-state index in [-0.39, 0.29) is 5.91 Å². The van der Waals surface area contributed by atoms with Gasteiger partial charge in [-0.3, -0.25) is 4.79 Å². The highest BCUT2D eigenvalue weighted by atomic mass is 35.5. The lowest BCUT2D eigenvalue weighted by Gasteiger charge is -2.17. The van der Waals surface area contributed by atoms with Crippen LogP contribution < -0.4 is 5.32 Å². The lowest BCUT2D eigenvalue weighted by molar-refractivity contribution is -0.127. The summed E-state index contributed by atoms with van der Waals surface area (Å²) in [6.07, 6.45) is 0. The molecule has 0 unspecified atom stereocenters. The van der Waals surface area contributed by atoms with Crippen molar-refractivity contribution in [3.05, 3.63) is 29.3 Å². The molecule has 3 nitrogen and oxygen atoms in total. The fraction of sp³-hybridized carbons (Fsp3) is 0.500. The molecule has 0 aromatic heterocycles. The van der Waals surface area contributed by atoms with Crippen molar-refractivity contribution in [1.29, 1.82) is 0 Å². The molecule has 1 N–H and O–H groups in total. The molecular weight excluding hydrogens is 280 g/mol. The van der Waals surface area contributed by atoms with Gasteiger partial charge in [0.25, 0.3) is 0 Å². The Labute approximate surface area is 122 Å². The van der Waals surface area contributed by atoms with Crippen LogP contribution in [-0.2, 0) is 4.79 Å². The number of hydrogen-bond acceptors (Lipinski definition) is 3. The van der Waals surface area contributed by atoms with E-state index in [1.165, 1.54) is 11.8 Å². The average Bonchev–Trinajstić information content (AvgIpc) is 2.98. The Bertz CT molecular complexity index is 470. The highest BCUT2D eigenvalue weighted by Crippen LogP contribution is 2.29. The maximum Gasteiger partial charge on any atom is 0.232 e. The van der Waals surface area contributed by atoms with Crippen LogP contribution in [0.4, 0.5) is 0 Å². The Morgan fingerprint density at radius 1 is 1.32 bits per heavy atom. The van der Waals surface area contributed by atoms with Crippen LogP contribution in [0.2, 0.25) is 5.02 Å². The number of likely N-dealkylation sites (tertiary alicyclic amines) is 1. The first kappa shape index (κ1) is 13.3. The largest absolute Gasteiger partial charge is 0.341 e. The molecule has 1 amide bonds. The SMILES string of the molecule is O=C(CSc1ccccc1Cl)N1C[C@H]2CNC[C@H]2C1. The summed E-state index contributed by atoms with van der Waals surface area (Å²) in [6, 6.07) is 7.68. The third-order valence-electron chi connectivity index (χ3n) is 3.93. The van der Waals surface area contributed by atoms with E-state index in [1.54, 1.807) is 0 Å². The number of carbonyl (C=O) groups excluding carboxylic acids is 1. The van der Waals surface area contributed by atoms with Gasteiger partial charge in [-0.15, -0.1) is 11.8 Å². The van der Waals surface area contributed by atoms with Gasteiger partial charge in [0, 0.05) is 31.1 Å². The summed E-state index contributed by atoms with van der Waals surface area (Å²) < 4.78 is 0. The van der Waals surface area contributed by atoms with Gasteiger partial charge < -0.3 is 10.2 Å². The van der Waals surface area contributed by atoms with E-state index < -0.39 is 0 Å². The lowest BCUT2D eigenvalue weighted by Crippen LogP contribution is -2.33. The standard InChI is InChI=1S/C14H17ClN2OS/c15-12-3-1-2-4-13(12)19-9-14(18)17-7-10-5-16-6-11(10)8-17/h1-4,10-11,16H,5-9H2/t10-,11+. The molecule has 5 heteroatoms. The third kappa shape index (κ3) is 2.91. The molecule has 2 atom stereocenters. The van der Waals surface area contributed by atoms with Crippen LogP contribution in [0.15, 0.2) is 29.2 Å². The number of benzene rings is 1. The molecule has 2 heterocycles. The normalized spacial score (nSPS) is 25.6. The smallest absolute Gasteiger partial charge is 0.232 e. The van der Waals surface area contributed by atoms with Gasteiger partial charge in [-0.2, -0.15) is 0 Å². The number of halogens is 1. The van der Waals surface area contributed by atoms with Gasteiger partial charge in [-0.05, 0) is 24.0 Å². The molecule has 1 aromatic carbocycles. The molecule has 0 radical (unpaired) electrons. The zero-order valence-electron chi connectivity index (χ0n) is 10.6. The zero-order chi connectivity index (χ0) is 13.2. The van der Waals surface area contributed by atoms with Crippen molar-refractivity contribution in [2.45, 2.75) is 4.90 Å². The molecule has 0 saturated carbocycles. The van der Waals surface area contributed by atoms with Crippen LogP contribution in [0.3, 0.4) is 0 Å². The number of amides is 1. The summed E-state index contributed by atoms with van der Waals surface area (Å²) in [4.78, 5) is 15.2. The molecular formula is C14H17ClN2OS. The van der Waals surface area contributed by atoms with Crippen LogP contribution in [0.25, 0.3) is 0 Å². The predicted molar refractivity (Wildman–Crippen MR) is 78.6 cm³/mol. The summed E-state index contributed by atoms with van der Waals surface area (Å²) >= 11 is 7.62. The Morgan fingerprint density at radius 3 is 2.68 bits per heavy atom. The number of fused-ring (bicyclic) bond motifs is 1. The van der Waals surface area contributed by atoms with Gasteiger partial charge in [-0.25, -0.2) is 0 Å². The van der Waals surface area contributed by atoms with Crippen LogP contribution >= 0.6 is 23.4 Å². The van der Waals surface area contributed by atoms with E-state index in [2.05, 4.69) is 5.32 Å². The van der Waals surface area contributed by atoms with Gasteiger partial charge in [0.2, 0.25) is 5.91 Å². The van der Waals surface area contributed by atoms with Crippen molar-refractivity contribution >= 4 is 29.3 Å². The second kappa shape index (κ2) is 5.73. The first-order valence-corrected chi connectivity index (χ1v) is 7.96. The molecule has 2 aliphatic rings. The minimum atomic E-state index is 0.235. The number of thioether (sulfide) groups is 1. The number of nitrogens with zero attached hydrogens (tertiary/aromatic N) is 1. The van der Waals surface area contributed by atoms with Crippen LogP contribution in [0, 0.1) is 11.8 Å². The first-order chi connectivity index (χ1) is 9.24. The first-order valence-electron chi connectivity index (χ1n) is 6.60. The number of rotatable bonds is 3. The van der Waals surface area contributed by atoms with E-state index in [0.717, 1.165) is 36.1 Å². The number of nitrogens with one attached hydrogen (secondary N) is 1. The molecule has 2 saturated heterocycles. The zero-order valence-corrected chi connectivity index (χ0v) is 12.2. The second-order valence-electron chi connectivity index (χ2n) is 5.20. The molecule has 0 aliphatic carbocycles. The third-order valence-corrected chi connectivity index (χ3v) is 5.43. The fourth-order valence-corrected chi connectivity index (χ4v) is 3.99. The van der Waals surface area contributed by atoms with E-state index in [1.807, 2.05) is 29.2 Å². The molecule has 2 aliphatic heterocycles. The minimum absolute atomic E-state index is 0.235. The summed E-state index contributed by atoms with van der Waals surface area (Å²) in [6.45, 7) is 3.96. The molecule has 2 fully saturated rings. The van der Waals surface area contributed by atoms with Crippen molar-refractivity contribution in [2.24, 2.45) is 11.8 Å². The molecule has 3 rings (SSSR count). The molecule has 102 valence electrons. The highest BCUT2D eigenvalue weighted by Gasteiger charge is 2.37. The summed E-state index contributed by atoms with van der Waals surface area (Å²) in [7, 11) is 0. The predicted octanol–water partition coefficient (Wildman–Crippen LogP) is 2.11. The topological polar surface area (TPSA) is 32.3 Å². The van der Waals surface area contributed by atoms with Gasteiger partial charge >= 0.3 is 0 Å². The van der Waals surface area contributed by atoms with Gasteiger partial charge in [0.1, 0.15) is 0 Å². The second-order valence-corrected chi connectivity index (χ2v) is 6.62. The van der Waals surface area contributed by atoms with E-state index in [9.17, 15) is 4.79 Å². The quantitative estimate of drug-likeness (QED) is 0.867. The highest BCUT2D eigenvalue weighted by molar-refractivity contribution is 8.00. The minimum Gasteiger partial charge on any atom is -0.341 e. The van der Waals surface area contributed by atoms with Crippen LogP contribution in [0.1, 0.15) is 0 Å². The van der Waals surface area contributed by atoms with Crippen molar-refractivity contribution in [1.82, 2.24) is 10.2 Å². The van der Waals surface area contributed by atoms with Crippen molar-refractivity contribution in [3.63, 3.8) is 0 Å². The maximum atomic E-state index is 12.2. The van der Waals surface area contributed by atoms with E-state index in [4.69, 9.17) is 11.6 Å². The van der Waals surface area contributed by atoms with Crippen molar-refractivity contribution in [3.8, 4) is 0 Å². The molecule has 1 aromatic rings. The van der Waals surface area contributed by atoms with Gasteiger partial charge in [0.05, 0.1) is 10.8 Å². The Balaban J connectivity index is 1.54. The summed E-state index contributed by atoms with van der Waals surface area (Å²) in [5.41, 5.74) is 0. The number of hydrogen-bond donors (Lipinski definition) is 1. The molecule has 19 heavy (non-hydrogen) atoms. The maximum absolute atomic E-state index is 12.2. The lowest BCUT2D eigenvalue weighted by atomic mass is 10.0. The van der Waals surface area contributed by atoms with E-state index in [0.29, 0.717) is 17.6 Å². The monoisotopic (exact) mass is 296 g/mol. The average molecular weight is 297 g/mol.